The predicted molar refractivity (Wildman–Crippen MR) is 79.0 cm³/mol. The standard InChI is InChI=1S/C14H21BrN2O/c1-9-7-17(8-10(2)18-9)14-6-12(15)4-5-13(14)11(3)16/h4-6,9-11H,7-8,16H2,1-3H3/t9-,10+,11?. The van der Waals surface area contributed by atoms with E-state index >= 15 is 0 Å². The van der Waals surface area contributed by atoms with Gasteiger partial charge in [0.05, 0.1) is 12.2 Å². The Morgan fingerprint density at radius 1 is 1.33 bits per heavy atom. The SMILES string of the molecule is CC(N)c1ccc(Br)cc1N1C[C@@H](C)O[C@@H](C)C1. The highest BCUT2D eigenvalue weighted by Crippen LogP contribution is 2.30. The largest absolute Gasteiger partial charge is 0.372 e. The summed E-state index contributed by atoms with van der Waals surface area (Å²) in [7, 11) is 0. The van der Waals surface area contributed by atoms with Crippen molar-refractivity contribution in [1.82, 2.24) is 0 Å². The molecule has 0 spiro atoms. The van der Waals surface area contributed by atoms with Gasteiger partial charge in [0.2, 0.25) is 0 Å². The van der Waals surface area contributed by atoms with Gasteiger partial charge in [-0.05, 0) is 38.5 Å². The van der Waals surface area contributed by atoms with Crippen LogP contribution in [-0.4, -0.2) is 25.3 Å². The quantitative estimate of drug-likeness (QED) is 0.912. The van der Waals surface area contributed by atoms with E-state index < -0.39 is 0 Å². The molecule has 0 aromatic heterocycles. The number of benzene rings is 1. The molecule has 1 aromatic carbocycles. The fourth-order valence-corrected chi connectivity index (χ4v) is 2.90. The van der Waals surface area contributed by atoms with Crippen molar-refractivity contribution < 1.29 is 4.74 Å². The lowest BCUT2D eigenvalue weighted by Gasteiger charge is -2.38. The smallest absolute Gasteiger partial charge is 0.0726 e. The van der Waals surface area contributed by atoms with Crippen LogP contribution in [0.4, 0.5) is 5.69 Å². The lowest BCUT2D eigenvalue weighted by atomic mass is 10.0. The third kappa shape index (κ3) is 3.05. The van der Waals surface area contributed by atoms with Gasteiger partial charge in [0.15, 0.2) is 0 Å². The molecular weight excluding hydrogens is 292 g/mol. The van der Waals surface area contributed by atoms with Gasteiger partial charge in [0, 0.05) is 29.3 Å². The summed E-state index contributed by atoms with van der Waals surface area (Å²) < 4.78 is 6.88. The Morgan fingerprint density at radius 2 is 1.94 bits per heavy atom. The Hall–Kier alpha value is -0.580. The summed E-state index contributed by atoms with van der Waals surface area (Å²) in [5.41, 5.74) is 8.48. The van der Waals surface area contributed by atoms with E-state index in [9.17, 15) is 0 Å². The van der Waals surface area contributed by atoms with Gasteiger partial charge < -0.3 is 15.4 Å². The first-order valence-electron chi connectivity index (χ1n) is 6.43. The number of rotatable bonds is 2. The molecule has 3 nitrogen and oxygen atoms in total. The second-order valence-electron chi connectivity index (χ2n) is 5.15. The first kappa shape index (κ1) is 13.8. The van der Waals surface area contributed by atoms with Gasteiger partial charge in [-0.2, -0.15) is 0 Å². The molecule has 0 saturated carbocycles. The minimum Gasteiger partial charge on any atom is -0.372 e. The fraction of sp³-hybridized carbons (Fsp3) is 0.571. The summed E-state index contributed by atoms with van der Waals surface area (Å²) >= 11 is 3.54. The van der Waals surface area contributed by atoms with Crippen LogP contribution in [0.3, 0.4) is 0 Å². The van der Waals surface area contributed by atoms with Gasteiger partial charge in [0.25, 0.3) is 0 Å². The van der Waals surface area contributed by atoms with Crippen LogP contribution in [0.25, 0.3) is 0 Å². The van der Waals surface area contributed by atoms with E-state index in [1.165, 1.54) is 11.3 Å². The lowest BCUT2D eigenvalue weighted by Crippen LogP contribution is -2.46. The molecule has 0 bridgehead atoms. The highest BCUT2D eigenvalue weighted by atomic mass is 79.9. The van der Waals surface area contributed by atoms with Crippen molar-refractivity contribution in [2.45, 2.75) is 39.0 Å². The van der Waals surface area contributed by atoms with E-state index in [-0.39, 0.29) is 18.2 Å². The van der Waals surface area contributed by atoms with Crippen LogP contribution in [0.1, 0.15) is 32.4 Å². The van der Waals surface area contributed by atoms with Crippen LogP contribution in [0, 0.1) is 0 Å². The summed E-state index contributed by atoms with van der Waals surface area (Å²) in [6.07, 6.45) is 0.516. The average molecular weight is 313 g/mol. The zero-order chi connectivity index (χ0) is 13.3. The first-order valence-corrected chi connectivity index (χ1v) is 7.22. The topological polar surface area (TPSA) is 38.5 Å². The lowest BCUT2D eigenvalue weighted by molar-refractivity contribution is -0.00527. The molecule has 3 atom stereocenters. The van der Waals surface area contributed by atoms with E-state index in [0.717, 1.165) is 17.6 Å². The Kier molecular flexibility index (Phi) is 4.30. The molecule has 2 rings (SSSR count). The summed E-state index contributed by atoms with van der Waals surface area (Å²) in [6.45, 7) is 8.10. The summed E-state index contributed by atoms with van der Waals surface area (Å²) in [5.74, 6) is 0. The van der Waals surface area contributed by atoms with E-state index in [1.54, 1.807) is 0 Å². The van der Waals surface area contributed by atoms with Gasteiger partial charge in [-0.3, -0.25) is 0 Å². The molecule has 1 aromatic rings. The van der Waals surface area contributed by atoms with Crippen molar-refractivity contribution in [3.05, 3.63) is 28.2 Å². The third-order valence-corrected chi connectivity index (χ3v) is 3.74. The molecule has 0 radical (unpaired) electrons. The number of hydrogen-bond donors (Lipinski definition) is 1. The van der Waals surface area contributed by atoms with Crippen molar-refractivity contribution in [3.8, 4) is 0 Å². The summed E-state index contributed by atoms with van der Waals surface area (Å²) in [4.78, 5) is 2.38. The first-order chi connectivity index (χ1) is 8.47. The van der Waals surface area contributed by atoms with Gasteiger partial charge in [0.1, 0.15) is 0 Å². The minimum atomic E-state index is 0.0431. The van der Waals surface area contributed by atoms with Crippen LogP contribution in [0.5, 0.6) is 0 Å². The molecule has 1 heterocycles. The van der Waals surface area contributed by atoms with Crippen molar-refractivity contribution >= 4 is 21.6 Å². The zero-order valence-corrected chi connectivity index (χ0v) is 12.8. The highest BCUT2D eigenvalue weighted by molar-refractivity contribution is 9.10. The highest BCUT2D eigenvalue weighted by Gasteiger charge is 2.24. The maximum atomic E-state index is 6.07. The fourth-order valence-electron chi connectivity index (χ4n) is 2.55. The second kappa shape index (κ2) is 5.59. The van der Waals surface area contributed by atoms with E-state index in [0.29, 0.717) is 0 Å². The number of anilines is 1. The zero-order valence-electron chi connectivity index (χ0n) is 11.2. The Morgan fingerprint density at radius 3 is 2.50 bits per heavy atom. The van der Waals surface area contributed by atoms with Gasteiger partial charge >= 0.3 is 0 Å². The summed E-state index contributed by atoms with van der Waals surface area (Å²) in [6, 6.07) is 6.36. The Labute approximate surface area is 117 Å². The van der Waals surface area contributed by atoms with Gasteiger partial charge in [-0.25, -0.2) is 0 Å². The van der Waals surface area contributed by atoms with Crippen molar-refractivity contribution in [1.29, 1.82) is 0 Å². The molecule has 2 N–H and O–H groups in total. The Balaban J connectivity index is 2.33. The van der Waals surface area contributed by atoms with Crippen molar-refractivity contribution in [3.63, 3.8) is 0 Å². The van der Waals surface area contributed by atoms with E-state index in [2.05, 4.69) is 52.9 Å². The number of morpholine rings is 1. The average Bonchev–Trinajstić information content (AvgIpc) is 2.27. The monoisotopic (exact) mass is 312 g/mol. The normalized spacial score (nSPS) is 26.2. The Bertz CT molecular complexity index is 412. The van der Waals surface area contributed by atoms with Crippen LogP contribution < -0.4 is 10.6 Å². The van der Waals surface area contributed by atoms with Crippen molar-refractivity contribution in [2.24, 2.45) is 5.73 Å². The maximum Gasteiger partial charge on any atom is 0.0726 e. The molecular formula is C14H21BrN2O. The van der Waals surface area contributed by atoms with Crippen LogP contribution in [-0.2, 0) is 4.74 Å². The number of hydrogen-bond acceptors (Lipinski definition) is 3. The molecule has 1 saturated heterocycles. The third-order valence-electron chi connectivity index (χ3n) is 3.24. The molecule has 0 aliphatic carbocycles. The van der Waals surface area contributed by atoms with E-state index in [4.69, 9.17) is 10.5 Å². The maximum absolute atomic E-state index is 6.07. The van der Waals surface area contributed by atoms with Gasteiger partial charge in [-0.15, -0.1) is 0 Å². The number of ether oxygens (including phenoxy) is 1. The molecule has 0 amide bonds. The second-order valence-corrected chi connectivity index (χ2v) is 6.07. The molecule has 18 heavy (non-hydrogen) atoms. The number of nitrogens with zero attached hydrogens (tertiary/aromatic N) is 1. The molecule has 1 unspecified atom stereocenters. The minimum absolute atomic E-state index is 0.0431. The van der Waals surface area contributed by atoms with Crippen LogP contribution >= 0.6 is 15.9 Å². The molecule has 1 aliphatic rings. The van der Waals surface area contributed by atoms with Crippen molar-refractivity contribution in [2.75, 3.05) is 18.0 Å². The molecule has 1 fully saturated rings. The molecule has 100 valence electrons. The predicted octanol–water partition coefficient (Wildman–Crippen LogP) is 3.08. The molecule has 4 heteroatoms. The number of nitrogens with two attached hydrogens (primary N) is 1. The van der Waals surface area contributed by atoms with Crippen LogP contribution in [0.2, 0.25) is 0 Å². The molecule has 1 aliphatic heterocycles. The number of halogens is 1. The van der Waals surface area contributed by atoms with Crippen LogP contribution in [0.15, 0.2) is 22.7 Å². The van der Waals surface area contributed by atoms with E-state index in [1.807, 2.05) is 6.92 Å². The summed E-state index contributed by atoms with van der Waals surface area (Å²) in [5, 5.41) is 0. The van der Waals surface area contributed by atoms with Gasteiger partial charge in [-0.1, -0.05) is 22.0 Å².